The average Bonchev–Trinajstić information content (AvgIpc) is 2.31. The number of ether oxygens (including phenoxy) is 2. The number of methoxy groups -OCH3 is 1. The van der Waals surface area contributed by atoms with Gasteiger partial charge < -0.3 is 9.47 Å². The van der Waals surface area contributed by atoms with Gasteiger partial charge in [0, 0.05) is 5.40 Å². The van der Waals surface area contributed by atoms with Crippen LogP contribution in [-0.4, -0.2) is 34.2 Å². The van der Waals surface area contributed by atoms with Gasteiger partial charge in [0.05, 0.1) is 13.5 Å². The van der Waals surface area contributed by atoms with Gasteiger partial charge in [-0.05, 0) is 23.6 Å². The predicted octanol–water partition coefficient (Wildman–Crippen LogP) is 1.43. The third kappa shape index (κ3) is 4.13. The summed E-state index contributed by atoms with van der Waals surface area (Å²) >= 11 is 0. The Balaban J connectivity index is 2.69. The number of hydrogen-bond acceptors (Lipinski definition) is 3. The molecule has 18 heavy (non-hydrogen) atoms. The average molecular weight is 242 g/mol. The van der Waals surface area contributed by atoms with Gasteiger partial charge in [0.25, 0.3) is 0 Å². The van der Waals surface area contributed by atoms with E-state index in [9.17, 15) is 4.79 Å². The maximum atomic E-state index is 11.1. The topological polar surface area (TPSA) is 35.5 Å². The molecule has 92 valence electrons. The highest BCUT2D eigenvalue weighted by atomic mass is 16.5. The molecule has 0 spiro atoms. The smallest absolute Gasteiger partial charge is 0.309 e. The van der Waals surface area contributed by atoms with E-state index < -0.39 is 5.40 Å². The second-order valence-electron chi connectivity index (χ2n) is 4.51. The molecule has 0 heterocycles. The highest BCUT2D eigenvalue weighted by Crippen LogP contribution is 2.21. The van der Waals surface area contributed by atoms with Crippen molar-refractivity contribution in [3.63, 3.8) is 0 Å². The number of benzene rings is 1. The molecule has 0 fully saturated rings. The number of carbonyl (C=O) groups excluding carboxylic acids is 1. The van der Waals surface area contributed by atoms with Crippen molar-refractivity contribution in [1.29, 1.82) is 0 Å². The SMILES string of the molecule is [B]C([B])(Oc1ccc(CC(=O)OC)cc1)C(C)C. The van der Waals surface area contributed by atoms with Gasteiger partial charge in [0.15, 0.2) is 0 Å². The van der Waals surface area contributed by atoms with Gasteiger partial charge in [-0.3, -0.25) is 4.79 Å². The van der Waals surface area contributed by atoms with Crippen LogP contribution in [0.5, 0.6) is 5.75 Å². The van der Waals surface area contributed by atoms with Crippen molar-refractivity contribution in [3.8, 4) is 5.75 Å². The first-order chi connectivity index (χ1) is 8.35. The number of esters is 1. The molecule has 5 heteroatoms. The van der Waals surface area contributed by atoms with Crippen molar-refractivity contribution < 1.29 is 14.3 Å². The minimum absolute atomic E-state index is 0.0211. The molecule has 0 atom stereocenters. The van der Waals surface area contributed by atoms with E-state index >= 15 is 0 Å². The zero-order valence-corrected chi connectivity index (χ0v) is 11.0. The Morgan fingerprint density at radius 3 is 2.28 bits per heavy atom. The van der Waals surface area contributed by atoms with Crippen LogP contribution in [0.1, 0.15) is 19.4 Å². The van der Waals surface area contributed by atoms with Crippen LogP contribution >= 0.6 is 0 Å². The van der Waals surface area contributed by atoms with Gasteiger partial charge in [0.2, 0.25) is 0 Å². The lowest BCUT2D eigenvalue weighted by Gasteiger charge is -2.32. The summed E-state index contributed by atoms with van der Waals surface area (Å²) in [5, 5.41) is -1.20. The summed E-state index contributed by atoms with van der Waals surface area (Å²) in [5.41, 5.74) is 0.846. The number of rotatable bonds is 5. The fourth-order valence-electron chi connectivity index (χ4n) is 1.24. The monoisotopic (exact) mass is 242 g/mol. The maximum Gasteiger partial charge on any atom is 0.309 e. The van der Waals surface area contributed by atoms with Crippen LogP contribution in [-0.2, 0) is 16.0 Å². The van der Waals surface area contributed by atoms with Crippen LogP contribution in [0.15, 0.2) is 24.3 Å². The van der Waals surface area contributed by atoms with E-state index in [1.165, 1.54) is 7.11 Å². The third-order valence-electron chi connectivity index (χ3n) is 2.70. The van der Waals surface area contributed by atoms with Crippen LogP contribution in [0.25, 0.3) is 0 Å². The molecule has 0 unspecified atom stereocenters. The molecule has 1 aromatic carbocycles. The van der Waals surface area contributed by atoms with Crippen LogP contribution < -0.4 is 4.74 Å². The van der Waals surface area contributed by atoms with E-state index in [4.69, 9.17) is 20.4 Å². The first kappa shape index (κ1) is 14.7. The quantitative estimate of drug-likeness (QED) is 0.578. The molecule has 0 amide bonds. The molecule has 1 rings (SSSR count). The summed E-state index contributed by atoms with van der Waals surface area (Å²) < 4.78 is 10.1. The fraction of sp³-hybridized carbons (Fsp3) is 0.462. The lowest BCUT2D eigenvalue weighted by Crippen LogP contribution is -2.42. The largest absolute Gasteiger partial charge is 0.507 e. The normalized spacial score (nSPS) is 11.3. The summed E-state index contributed by atoms with van der Waals surface area (Å²) in [5.74, 6) is 0.271. The van der Waals surface area contributed by atoms with Crippen molar-refractivity contribution in [2.24, 2.45) is 5.92 Å². The Bertz CT molecular complexity index is 399. The standard InChI is InChI=1S/C13H16B2O3/c1-9(2)13(14,15)18-11-6-4-10(5-7-11)8-12(16)17-3/h4-7,9H,8H2,1-3H3. The minimum atomic E-state index is -1.20. The van der Waals surface area contributed by atoms with Gasteiger partial charge in [-0.15, -0.1) is 0 Å². The van der Waals surface area contributed by atoms with Crippen LogP contribution in [0, 0.1) is 5.92 Å². The van der Waals surface area contributed by atoms with Gasteiger partial charge in [-0.25, -0.2) is 0 Å². The Morgan fingerprint density at radius 2 is 1.83 bits per heavy atom. The van der Waals surface area contributed by atoms with Crippen molar-refractivity contribution in [1.82, 2.24) is 0 Å². The minimum Gasteiger partial charge on any atom is -0.507 e. The van der Waals surface area contributed by atoms with Crippen molar-refractivity contribution in [2.75, 3.05) is 7.11 Å². The second-order valence-corrected chi connectivity index (χ2v) is 4.51. The summed E-state index contributed by atoms with van der Waals surface area (Å²) in [6, 6.07) is 7.02. The molecule has 0 N–H and O–H groups in total. The molecular weight excluding hydrogens is 226 g/mol. The van der Waals surface area contributed by atoms with Crippen molar-refractivity contribution in [2.45, 2.75) is 25.7 Å². The molecule has 0 saturated heterocycles. The summed E-state index contributed by atoms with van der Waals surface area (Å²) in [7, 11) is 13.0. The fourth-order valence-corrected chi connectivity index (χ4v) is 1.24. The molecular formula is C13H16B2O3. The highest BCUT2D eigenvalue weighted by Gasteiger charge is 2.22. The molecule has 0 aliphatic heterocycles. The third-order valence-corrected chi connectivity index (χ3v) is 2.70. The summed E-state index contributed by atoms with van der Waals surface area (Å²) in [6.07, 6.45) is 0.233. The molecule has 0 bridgehead atoms. The molecule has 0 aliphatic carbocycles. The van der Waals surface area contributed by atoms with Gasteiger partial charge in [0.1, 0.15) is 21.4 Å². The molecule has 3 nitrogen and oxygen atoms in total. The van der Waals surface area contributed by atoms with E-state index in [2.05, 4.69) is 4.74 Å². The maximum absolute atomic E-state index is 11.1. The van der Waals surface area contributed by atoms with E-state index in [0.717, 1.165) is 5.56 Å². The Kier molecular flexibility index (Phi) is 4.88. The Hall–Kier alpha value is -1.38. The van der Waals surface area contributed by atoms with E-state index in [1.807, 2.05) is 13.8 Å². The summed E-state index contributed by atoms with van der Waals surface area (Å²) in [6.45, 7) is 3.76. The molecule has 0 saturated carbocycles. The van der Waals surface area contributed by atoms with Crippen molar-refractivity contribution >= 4 is 21.7 Å². The van der Waals surface area contributed by atoms with E-state index in [-0.39, 0.29) is 18.3 Å². The highest BCUT2D eigenvalue weighted by molar-refractivity contribution is 6.39. The second kappa shape index (κ2) is 5.98. The molecule has 1 aromatic rings. The number of hydrogen-bond donors (Lipinski definition) is 0. The Labute approximate surface area is 111 Å². The first-order valence-electron chi connectivity index (χ1n) is 5.77. The zero-order chi connectivity index (χ0) is 13.8. The molecule has 0 aromatic heterocycles. The van der Waals surface area contributed by atoms with Crippen LogP contribution in [0.4, 0.5) is 0 Å². The molecule has 4 radical (unpaired) electrons. The van der Waals surface area contributed by atoms with Crippen molar-refractivity contribution in [3.05, 3.63) is 29.8 Å². The zero-order valence-electron chi connectivity index (χ0n) is 11.0. The first-order valence-corrected chi connectivity index (χ1v) is 5.77. The lowest BCUT2D eigenvalue weighted by atomic mass is 9.59. The van der Waals surface area contributed by atoms with Crippen LogP contribution in [0.3, 0.4) is 0 Å². The lowest BCUT2D eigenvalue weighted by molar-refractivity contribution is -0.139. The Morgan fingerprint density at radius 1 is 1.28 bits per heavy atom. The summed E-state index contributed by atoms with van der Waals surface area (Å²) in [4.78, 5) is 11.1. The van der Waals surface area contributed by atoms with Crippen LogP contribution in [0.2, 0.25) is 0 Å². The van der Waals surface area contributed by atoms with Gasteiger partial charge in [-0.2, -0.15) is 0 Å². The predicted molar refractivity (Wildman–Crippen MR) is 71.9 cm³/mol. The molecule has 0 aliphatic rings. The van der Waals surface area contributed by atoms with E-state index in [1.54, 1.807) is 24.3 Å². The van der Waals surface area contributed by atoms with E-state index in [0.29, 0.717) is 5.75 Å². The van der Waals surface area contributed by atoms with Gasteiger partial charge >= 0.3 is 5.97 Å². The van der Waals surface area contributed by atoms with Gasteiger partial charge in [-0.1, -0.05) is 26.0 Å². The number of carbonyl (C=O) groups is 1.